The van der Waals surface area contributed by atoms with Gasteiger partial charge in [0.25, 0.3) is 5.91 Å². The van der Waals surface area contributed by atoms with Gasteiger partial charge >= 0.3 is 0 Å². The van der Waals surface area contributed by atoms with Crippen LogP contribution >= 0.6 is 34.2 Å². The number of nitrogens with one attached hydrogen (secondary N) is 2. The van der Waals surface area contributed by atoms with Gasteiger partial charge in [0.05, 0.1) is 27.6 Å². The SMILES string of the molecule is O=C(NOCC1(O)CC1)c1ccc(F)c(F)c1Nc1ccc(I)cc1Cl. The zero-order valence-electron chi connectivity index (χ0n) is 13.3. The fraction of sp³-hybridized carbons (Fsp3) is 0.235. The van der Waals surface area contributed by atoms with Crippen molar-refractivity contribution < 1.29 is 23.5 Å². The molecule has 0 spiro atoms. The number of hydrogen-bond donors (Lipinski definition) is 3. The van der Waals surface area contributed by atoms with Gasteiger partial charge in [0.2, 0.25) is 0 Å². The molecule has 2 aromatic rings. The molecule has 5 nitrogen and oxygen atoms in total. The third-order valence-corrected chi connectivity index (χ3v) is 4.85. The van der Waals surface area contributed by atoms with Crippen molar-refractivity contribution in [2.45, 2.75) is 18.4 Å². The lowest BCUT2D eigenvalue weighted by Gasteiger charge is -2.15. The highest BCUT2D eigenvalue weighted by molar-refractivity contribution is 14.1. The second-order valence-electron chi connectivity index (χ2n) is 5.98. The molecule has 1 aliphatic rings. The normalized spacial score (nSPS) is 14.8. The second kappa shape index (κ2) is 7.63. The summed E-state index contributed by atoms with van der Waals surface area (Å²) in [5.74, 6) is -3.11. The minimum absolute atomic E-state index is 0.0753. The molecule has 0 saturated heterocycles. The van der Waals surface area contributed by atoms with Gasteiger partial charge in [-0.1, -0.05) is 11.6 Å². The zero-order chi connectivity index (χ0) is 18.9. The van der Waals surface area contributed by atoms with Gasteiger partial charge in [-0.25, -0.2) is 14.3 Å². The molecule has 0 heterocycles. The van der Waals surface area contributed by atoms with E-state index in [9.17, 15) is 18.7 Å². The van der Waals surface area contributed by atoms with E-state index in [2.05, 4.69) is 33.4 Å². The van der Waals surface area contributed by atoms with Crippen LogP contribution in [0.5, 0.6) is 0 Å². The molecule has 1 amide bonds. The van der Waals surface area contributed by atoms with E-state index in [1.54, 1.807) is 18.2 Å². The predicted octanol–water partition coefficient (Wildman–Crippen LogP) is 4.15. The van der Waals surface area contributed by atoms with Crippen molar-refractivity contribution in [1.82, 2.24) is 5.48 Å². The molecule has 3 rings (SSSR count). The first-order chi connectivity index (χ1) is 12.3. The smallest absolute Gasteiger partial charge is 0.277 e. The quantitative estimate of drug-likeness (QED) is 0.417. The molecule has 0 bridgehead atoms. The fourth-order valence-electron chi connectivity index (χ4n) is 2.17. The van der Waals surface area contributed by atoms with Crippen molar-refractivity contribution >= 4 is 51.5 Å². The van der Waals surface area contributed by atoms with Crippen molar-refractivity contribution in [1.29, 1.82) is 0 Å². The van der Waals surface area contributed by atoms with Crippen LogP contribution in [0.4, 0.5) is 20.2 Å². The summed E-state index contributed by atoms with van der Waals surface area (Å²) in [7, 11) is 0. The first kappa shape index (κ1) is 19.3. The highest BCUT2D eigenvalue weighted by Crippen LogP contribution is 2.35. The monoisotopic (exact) mass is 494 g/mol. The number of hydroxylamine groups is 1. The van der Waals surface area contributed by atoms with Crippen LogP contribution in [-0.2, 0) is 4.84 Å². The summed E-state index contributed by atoms with van der Waals surface area (Å²) in [5, 5.41) is 12.6. The number of carbonyl (C=O) groups excluding carboxylic acids is 1. The lowest BCUT2D eigenvalue weighted by Crippen LogP contribution is -2.29. The Morgan fingerprint density at radius 1 is 1.31 bits per heavy atom. The molecule has 9 heteroatoms. The van der Waals surface area contributed by atoms with Gasteiger partial charge in [-0.05, 0) is 65.8 Å². The molecule has 0 unspecified atom stereocenters. The third kappa shape index (κ3) is 4.43. The lowest BCUT2D eigenvalue weighted by molar-refractivity contribution is -0.0230. The molecule has 0 aliphatic heterocycles. The Bertz CT molecular complexity index is 862. The zero-order valence-corrected chi connectivity index (χ0v) is 16.2. The molecule has 1 fully saturated rings. The van der Waals surface area contributed by atoms with Crippen LogP contribution < -0.4 is 10.8 Å². The highest BCUT2D eigenvalue weighted by atomic mass is 127. The molecule has 0 aromatic heterocycles. The summed E-state index contributed by atoms with van der Waals surface area (Å²) in [4.78, 5) is 17.3. The summed E-state index contributed by atoms with van der Waals surface area (Å²) < 4.78 is 28.8. The van der Waals surface area contributed by atoms with E-state index in [1.807, 2.05) is 0 Å². The van der Waals surface area contributed by atoms with Crippen LogP contribution in [0, 0.1) is 15.2 Å². The van der Waals surface area contributed by atoms with Crippen molar-refractivity contribution in [2.24, 2.45) is 0 Å². The van der Waals surface area contributed by atoms with E-state index in [-0.39, 0.29) is 17.9 Å². The Kier molecular flexibility index (Phi) is 5.66. The number of halogens is 4. The van der Waals surface area contributed by atoms with Crippen molar-refractivity contribution in [3.8, 4) is 0 Å². The molecular weight excluding hydrogens is 481 g/mol. The third-order valence-electron chi connectivity index (χ3n) is 3.86. The first-order valence-corrected chi connectivity index (χ1v) is 9.09. The Balaban J connectivity index is 1.83. The Hall–Kier alpha value is -1.49. The summed E-state index contributed by atoms with van der Waals surface area (Å²) >= 11 is 8.17. The molecule has 1 saturated carbocycles. The van der Waals surface area contributed by atoms with Crippen molar-refractivity contribution in [3.05, 3.63) is 56.1 Å². The van der Waals surface area contributed by atoms with E-state index < -0.39 is 23.1 Å². The van der Waals surface area contributed by atoms with E-state index >= 15 is 0 Å². The number of hydrogen-bond acceptors (Lipinski definition) is 4. The molecule has 0 atom stereocenters. The maximum absolute atomic E-state index is 14.3. The highest BCUT2D eigenvalue weighted by Gasteiger charge is 2.41. The average molecular weight is 495 g/mol. The maximum atomic E-state index is 14.3. The van der Waals surface area contributed by atoms with Gasteiger partial charge in [-0.2, -0.15) is 0 Å². The minimum Gasteiger partial charge on any atom is -0.387 e. The van der Waals surface area contributed by atoms with Crippen molar-refractivity contribution in [3.63, 3.8) is 0 Å². The van der Waals surface area contributed by atoms with E-state index in [4.69, 9.17) is 16.4 Å². The molecule has 3 N–H and O–H groups in total. The van der Waals surface area contributed by atoms with Crippen LogP contribution in [0.15, 0.2) is 30.3 Å². The van der Waals surface area contributed by atoms with E-state index in [0.717, 1.165) is 15.7 Å². The predicted molar refractivity (Wildman–Crippen MR) is 101 cm³/mol. The molecular formula is C17H14ClF2IN2O3. The van der Waals surface area contributed by atoms with Crippen molar-refractivity contribution in [2.75, 3.05) is 11.9 Å². The van der Waals surface area contributed by atoms with Crippen LogP contribution in [0.1, 0.15) is 23.2 Å². The number of rotatable bonds is 6. The van der Waals surface area contributed by atoms with Gasteiger partial charge in [0, 0.05) is 3.57 Å². The van der Waals surface area contributed by atoms with Gasteiger partial charge < -0.3 is 10.4 Å². The average Bonchev–Trinajstić information content (AvgIpc) is 3.31. The standard InChI is InChI=1S/C17H14ClF2IN2O3/c18-11-7-9(21)1-4-13(11)22-15-10(2-3-12(19)14(15)20)16(24)23-26-8-17(25)5-6-17/h1-4,7,22,25H,5-6,8H2,(H,23,24). The number of amides is 1. The van der Waals surface area contributed by atoms with Crippen LogP contribution in [-0.4, -0.2) is 23.2 Å². The first-order valence-electron chi connectivity index (χ1n) is 7.64. The summed E-state index contributed by atoms with van der Waals surface area (Å²) in [5.41, 5.74) is 1.00. The number of anilines is 2. The lowest BCUT2D eigenvalue weighted by atomic mass is 10.1. The number of benzene rings is 2. The van der Waals surface area contributed by atoms with E-state index in [0.29, 0.717) is 23.6 Å². The van der Waals surface area contributed by atoms with Crippen LogP contribution in [0.3, 0.4) is 0 Å². The minimum atomic E-state index is -1.21. The van der Waals surface area contributed by atoms with Gasteiger partial charge in [-0.3, -0.25) is 9.63 Å². The Morgan fingerprint density at radius 3 is 2.69 bits per heavy atom. The summed E-state index contributed by atoms with van der Waals surface area (Å²) in [6.45, 7) is -0.0753. The summed E-state index contributed by atoms with van der Waals surface area (Å²) in [6.07, 6.45) is 1.18. The largest absolute Gasteiger partial charge is 0.387 e. The van der Waals surface area contributed by atoms with Crippen LogP contribution in [0.2, 0.25) is 5.02 Å². The second-order valence-corrected chi connectivity index (χ2v) is 7.63. The molecule has 26 heavy (non-hydrogen) atoms. The fourth-order valence-corrected chi connectivity index (χ4v) is 3.07. The molecule has 138 valence electrons. The van der Waals surface area contributed by atoms with Gasteiger partial charge in [0.15, 0.2) is 11.6 Å². The molecule has 1 aliphatic carbocycles. The topological polar surface area (TPSA) is 70.6 Å². The number of carbonyl (C=O) groups is 1. The Labute approximate surface area is 166 Å². The van der Waals surface area contributed by atoms with Crippen LogP contribution in [0.25, 0.3) is 0 Å². The van der Waals surface area contributed by atoms with E-state index in [1.165, 1.54) is 0 Å². The van der Waals surface area contributed by atoms with Gasteiger partial charge in [-0.15, -0.1) is 0 Å². The molecule has 2 aromatic carbocycles. The summed E-state index contributed by atoms with van der Waals surface area (Å²) in [6, 6.07) is 6.94. The van der Waals surface area contributed by atoms with Gasteiger partial charge in [0.1, 0.15) is 6.61 Å². The Morgan fingerprint density at radius 2 is 2.04 bits per heavy atom. The number of aliphatic hydroxyl groups is 1. The maximum Gasteiger partial charge on any atom is 0.277 e. The molecule has 0 radical (unpaired) electrons.